The van der Waals surface area contributed by atoms with Crippen LogP contribution in [0.15, 0.2) is 46.2 Å². The Morgan fingerprint density at radius 1 is 0.826 bits per heavy atom. The van der Waals surface area contributed by atoms with Crippen molar-refractivity contribution >= 4 is 20.2 Å². The van der Waals surface area contributed by atoms with Gasteiger partial charge in [-0.2, -0.15) is 16.8 Å². The first-order valence-corrected chi connectivity index (χ1v) is 9.61. The molecule has 0 fully saturated rings. The van der Waals surface area contributed by atoms with Crippen LogP contribution in [0, 0.1) is 6.92 Å². The third-order valence-corrected chi connectivity index (χ3v) is 5.22. The van der Waals surface area contributed by atoms with Crippen molar-refractivity contribution in [3.8, 4) is 11.1 Å². The fourth-order valence-electron chi connectivity index (χ4n) is 2.29. The van der Waals surface area contributed by atoms with Crippen molar-refractivity contribution in [2.45, 2.75) is 30.1 Å². The maximum Gasteiger partial charge on any atom is 0.295 e. The minimum atomic E-state index is -4.56. The lowest BCUT2D eigenvalue weighted by molar-refractivity contribution is 0.480. The van der Waals surface area contributed by atoms with E-state index in [4.69, 9.17) is 0 Å². The molecule has 2 aromatic carbocycles. The minimum Gasteiger partial charge on any atom is -0.282 e. The Kier molecular flexibility index (Phi) is 4.63. The second-order valence-corrected chi connectivity index (χ2v) is 7.91. The molecule has 0 aromatic heterocycles. The molecule has 0 bridgehead atoms. The minimum absolute atomic E-state index is 0.00776. The first-order chi connectivity index (χ1) is 10.5. The molecule has 0 saturated carbocycles. The number of benzene rings is 2. The van der Waals surface area contributed by atoms with Crippen molar-refractivity contribution in [2.75, 3.05) is 0 Å². The van der Waals surface area contributed by atoms with Gasteiger partial charge in [-0.15, -0.1) is 0 Å². The zero-order chi connectivity index (χ0) is 17.4. The van der Waals surface area contributed by atoms with Gasteiger partial charge in [0.1, 0.15) is 9.79 Å². The van der Waals surface area contributed by atoms with Crippen LogP contribution in [0.1, 0.15) is 18.1 Å². The van der Waals surface area contributed by atoms with Crippen LogP contribution in [-0.4, -0.2) is 25.9 Å². The summed E-state index contributed by atoms with van der Waals surface area (Å²) in [4.78, 5) is -0.808. The third kappa shape index (κ3) is 3.78. The number of hydrogen-bond acceptors (Lipinski definition) is 4. The van der Waals surface area contributed by atoms with Crippen LogP contribution in [0.4, 0.5) is 0 Å². The van der Waals surface area contributed by atoms with Gasteiger partial charge in [-0.25, -0.2) is 0 Å². The van der Waals surface area contributed by atoms with Crippen molar-refractivity contribution in [3.63, 3.8) is 0 Å². The Morgan fingerprint density at radius 3 is 1.78 bits per heavy atom. The average Bonchev–Trinajstić information content (AvgIpc) is 2.45. The van der Waals surface area contributed by atoms with E-state index in [-0.39, 0.29) is 11.1 Å². The highest BCUT2D eigenvalue weighted by atomic mass is 32.2. The summed E-state index contributed by atoms with van der Waals surface area (Å²) in [7, 11) is -9.12. The first-order valence-electron chi connectivity index (χ1n) is 6.73. The van der Waals surface area contributed by atoms with Crippen LogP contribution < -0.4 is 0 Å². The second kappa shape index (κ2) is 6.04. The molecule has 6 nitrogen and oxygen atoms in total. The lowest BCUT2D eigenvalue weighted by atomic mass is 10.0. The van der Waals surface area contributed by atoms with Crippen molar-refractivity contribution in [3.05, 3.63) is 47.5 Å². The normalized spacial score (nSPS) is 12.3. The zero-order valence-corrected chi connectivity index (χ0v) is 14.1. The first kappa shape index (κ1) is 17.6. The molecule has 23 heavy (non-hydrogen) atoms. The van der Waals surface area contributed by atoms with E-state index in [1.807, 2.05) is 6.92 Å². The number of hydrogen-bond donors (Lipinski definition) is 2. The van der Waals surface area contributed by atoms with Gasteiger partial charge >= 0.3 is 0 Å². The molecule has 124 valence electrons. The molecular weight excluding hydrogens is 340 g/mol. The molecule has 0 saturated heterocycles. The van der Waals surface area contributed by atoms with Gasteiger partial charge < -0.3 is 0 Å². The van der Waals surface area contributed by atoms with Crippen LogP contribution in [0.25, 0.3) is 11.1 Å². The summed E-state index contributed by atoms with van der Waals surface area (Å²) in [6.07, 6.45) is 0.544. The van der Waals surface area contributed by atoms with Gasteiger partial charge in [-0.05, 0) is 36.6 Å². The van der Waals surface area contributed by atoms with Gasteiger partial charge in [0.15, 0.2) is 0 Å². The topological polar surface area (TPSA) is 109 Å². The van der Waals surface area contributed by atoms with E-state index in [0.29, 0.717) is 17.5 Å². The standard InChI is InChI=1S/C15H16O6S2/c1-3-11-5-7-13(15(9-11)23(19,20)21)12-6-4-10(2)8-14(12)22(16,17)18/h4-9H,3H2,1-2H3,(H,16,17,18)(H,19,20,21). The largest absolute Gasteiger partial charge is 0.295 e. The predicted molar refractivity (Wildman–Crippen MR) is 85.6 cm³/mol. The van der Waals surface area contributed by atoms with Crippen molar-refractivity contribution in [1.82, 2.24) is 0 Å². The summed E-state index contributed by atoms with van der Waals surface area (Å²) < 4.78 is 65.4. The summed E-state index contributed by atoms with van der Waals surface area (Å²) in [6, 6.07) is 8.57. The number of aryl methyl sites for hydroxylation is 2. The van der Waals surface area contributed by atoms with Gasteiger partial charge in [0.25, 0.3) is 20.2 Å². The van der Waals surface area contributed by atoms with Crippen LogP contribution in [0.3, 0.4) is 0 Å². The van der Waals surface area contributed by atoms with E-state index in [9.17, 15) is 25.9 Å². The molecule has 0 aliphatic rings. The summed E-state index contributed by atoms with van der Waals surface area (Å²) in [5.41, 5.74) is 1.27. The van der Waals surface area contributed by atoms with Crippen molar-refractivity contribution in [1.29, 1.82) is 0 Å². The molecule has 0 atom stereocenters. The number of rotatable bonds is 4. The molecule has 0 spiro atoms. The third-order valence-electron chi connectivity index (χ3n) is 3.44. The second-order valence-electron chi connectivity index (χ2n) is 5.13. The summed E-state index contributed by atoms with van der Waals surface area (Å²) >= 11 is 0. The van der Waals surface area contributed by atoms with E-state index >= 15 is 0 Å². The van der Waals surface area contributed by atoms with Gasteiger partial charge in [-0.3, -0.25) is 9.11 Å². The van der Waals surface area contributed by atoms with Gasteiger partial charge in [0.2, 0.25) is 0 Å². The maximum absolute atomic E-state index is 11.7. The van der Waals surface area contributed by atoms with E-state index in [0.717, 1.165) is 0 Å². The summed E-state index contributed by atoms with van der Waals surface area (Å²) in [5, 5.41) is 0. The molecule has 0 amide bonds. The molecule has 8 heteroatoms. The van der Waals surface area contributed by atoms with Crippen LogP contribution in [0.5, 0.6) is 0 Å². The molecule has 0 unspecified atom stereocenters. The monoisotopic (exact) mass is 356 g/mol. The Bertz CT molecular complexity index is 959. The molecule has 2 N–H and O–H groups in total. The highest BCUT2D eigenvalue weighted by Gasteiger charge is 2.23. The maximum atomic E-state index is 11.7. The zero-order valence-electron chi connectivity index (χ0n) is 12.5. The fraction of sp³-hybridized carbons (Fsp3) is 0.200. The quantitative estimate of drug-likeness (QED) is 0.815. The van der Waals surface area contributed by atoms with Crippen molar-refractivity contribution < 1.29 is 25.9 Å². The Hall–Kier alpha value is -1.74. The van der Waals surface area contributed by atoms with Gasteiger partial charge in [0, 0.05) is 11.1 Å². The highest BCUT2D eigenvalue weighted by Crippen LogP contribution is 2.33. The SMILES string of the molecule is CCc1ccc(-c2ccc(C)cc2S(=O)(=O)O)c(S(=O)(=O)O)c1. The van der Waals surface area contributed by atoms with Gasteiger partial charge in [-0.1, -0.05) is 31.2 Å². The van der Waals surface area contributed by atoms with Crippen LogP contribution in [-0.2, 0) is 26.7 Å². The lowest BCUT2D eigenvalue weighted by Gasteiger charge is -2.13. The Labute approximate surface area is 135 Å². The predicted octanol–water partition coefficient (Wildman–Crippen LogP) is 2.72. The molecule has 0 heterocycles. The summed E-state index contributed by atoms with van der Waals surface area (Å²) in [5.74, 6) is 0. The molecule has 2 aromatic rings. The van der Waals surface area contributed by atoms with Crippen LogP contribution in [0.2, 0.25) is 0 Å². The lowest BCUT2D eigenvalue weighted by Crippen LogP contribution is -2.06. The van der Waals surface area contributed by atoms with E-state index < -0.39 is 30.0 Å². The fourth-order valence-corrected chi connectivity index (χ4v) is 3.84. The Balaban J connectivity index is 2.88. The highest BCUT2D eigenvalue weighted by molar-refractivity contribution is 7.86. The van der Waals surface area contributed by atoms with E-state index in [1.165, 1.54) is 24.3 Å². The summed E-state index contributed by atoms with van der Waals surface area (Å²) in [6.45, 7) is 3.46. The Morgan fingerprint density at radius 2 is 1.30 bits per heavy atom. The molecule has 0 aliphatic carbocycles. The van der Waals surface area contributed by atoms with Crippen molar-refractivity contribution in [2.24, 2.45) is 0 Å². The molecule has 0 radical (unpaired) electrons. The van der Waals surface area contributed by atoms with Gasteiger partial charge in [0.05, 0.1) is 0 Å². The molecular formula is C15H16O6S2. The average molecular weight is 356 g/mol. The smallest absolute Gasteiger partial charge is 0.282 e. The molecule has 2 rings (SSSR count). The van der Waals surface area contributed by atoms with E-state index in [1.54, 1.807) is 19.1 Å². The molecule has 0 aliphatic heterocycles. The van der Waals surface area contributed by atoms with Crippen LogP contribution >= 0.6 is 0 Å². The van der Waals surface area contributed by atoms with E-state index in [2.05, 4.69) is 0 Å².